The van der Waals surface area contributed by atoms with E-state index in [1.54, 1.807) is 0 Å². The Morgan fingerprint density at radius 2 is 0.561 bits per heavy atom. The van der Waals surface area contributed by atoms with E-state index in [1.807, 2.05) is 0 Å². The van der Waals surface area contributed by atoms with Gasteiger partial charge in [0.05, 0.1) is 26.4 Å². The SMILES string of the molecule is CCCCCCCCCCCCCCCC(=O)OC[C@H](COP(=O)(O)OC[C@@H](O)COP(=O)(O)OC[C@@H](COC(=O)CCCCCCC)OC(=O)CCCCCCCCCCCC)OC(=O)CCCCCCCCCCCCCC(C)C. The van der Waals surface area contributed by atoms with E-state index in [2.05, 4.69) is 34.6 Å². The summed E-state index contributed by atoms with van der Waals surface area (Å²) < 4.78 is 67.8. The highest BCUT2D eigenvalue weighted by molar-refractivity contribution is 7.47. The Hall–Kier alpha value is -1.94. The summed E-state index contributed by atoms with van der Waals surface area (Å²) in [5.41, 5.74) is 0. The van der Waals surface area contributed by atoms with Crippen molar-refractivity contribution < 1.29 is 80.2 Å². The Labute approximate surface area is 498 Å². The molecule has 19 heteroatoms. The molecule has 3 N–H and O–H groups in total. The van der Waals surface area contributed by atoms with Crippen LogP contribution in [0.5, 0.6) is 0 Å². The fourth-order valence-corrected chi connectivity index (χ4v) is 11.0. The van der Waals surface area contributed by atoms with Crippen LogP contribution >= 0.6 is 15.6 Å². The van der Waals surface area contributed by atoms with Gasteiger partial charge in [-0.1, -0.05) is 266 Å². The maximum atomic E-state index is 13.0. The number of hydrogen-bond donors (Lipinski definition) is 3. The van der Waals surface area contributed by atoms with Gasteiger partial charge in [0, 0.05) is 25.7 Å². The number of carbonyl (C=O) groups is 4. The molecule has 5 atom stereocenters. The molecule has 486 valence electrons. The summed E-state index contributed by atoms with van der Waals surface area (Å²) in [4.78, 5) is 71.9. The van der Waals surface area contributed by atoms with Gasteiger partial charge in [0.25, 0.3) is 0 Å². The topological polar surface area (TPSA) is 237 Å². The maximum absolute atomic E-state index is 13.0. The Balaban J connectivity index is 5.18. The van der Waals surface area contributed by atoms with E-state index in [1.165, 1.54) is 135 Å². The van der Waals surface area contributed by atoms with E-state index >= 15 is 0 Å². The molecule has 0 aromatic heterocycles. The number of phosphoric ester groups is 2. The molecule has 0 aromatic rings. The van der Waals surface area contributed by atoms with Crippen molar-refractivity contribution in [2.45, 2.75) is 335 Å². The lowest BCUT2D eigenvalue weighted by Crippen LogP contribution is -2.30. The van der Waals surface area contributed by atoms with Crippen molar-refractivity contribution in [3.63, 3.8) is 0 Å². The predicted molar refractivity (Wildman–Crippen MR) is 326 cm³/mol. The summed E-state index contributed by atoms with van der Waals surface area (Å²) in [6.45, 7) is 7.10. The van der Waals surface area contributed by atoms with Gasteiger partial charge >= 0.3 is 39.5 Å². The van der Waals surface area contributed by atoms with Crippen LogP contribution in [0.25, 0.3) is 0 Å². The number of phosphoric acid groups is 2. The average Bonchev–Trinajstić information content (AvgIpc) is 3.45. The lowest BCUT2D eigenvalue weighted by Gasteiger charge is -2.21. The molecule has 0 saturated carbocycles. The Morgan fingerprint density at radius 3 is 0.829 bits per heavy atom. The van der Waals surface area contributed by atoms with Crippen LogP contribution in [0.15, 0.2) is 0 Å². The lowest BCUT2D eigenvalue weighted by atomic mass is 10.0. The number of aliphatic hydroxyl groups excluding tert-OH is 1. The van der Waals surface area contributed by atoms with Crippen molar-refractivity contribution in [1.29, 1.82) is 0 Å². The molecular weight excluding hydrogens is 1090 g/mol. The zero-order chi connectivity index (χ0) is 60.6. The number of ether oxygens (including phenoxy) is 4. The third-order valence-electron chi connectivity index (χ3n) is 14.5. The Morgan fingerprint density at radius 1 is 0.329 bits per heavy atom. The van der Waals surface area contributed by atoms with E-state index in [9.17, 15) is 43.2 Å². The van der Waals surface area contributed by atoms with Gasteiger partial charge in [0.2, 0.25) is 0 Å². The number of aliphatic hydroxyl groups is 1. The van der Waals surface area contributed by atoms with Crippen LogP contribution in [-0.4, -0.2) is 96.7 Å². The lowest BCUT2D eigenvalue weighted by molar-refractivity contribution is -0.161. The van der Waals surface area contributed by atoms with Gasteiger partial charge in [-0.25, -0.2) is 9.13 Å². The van der Waals surface area contributed by atoms with Gasteiger partial charge in [-0.2, -0.15) is 0 Å². The van der Waals surface area contributed by atoms with E-state index in [0.717, 1.165) is 102 Å². The molecule has 0 fully saturated rings. The average molecular weight is 1210 g/mol. The van der Waals surface area contributed by atoms with Crippen molar-refractivity contribution in [3.05, 3.63) is 0 Å². The van der Waals surface area contributed by atoms with Crippen LogP contribution in [0.2, 0.25) is 0 Å². The van der Waals surface area contributed by atoms with Crippen LogP contribution in [0.3, 0.4) is 0 Å². The third kappa shape index (κ3) is 57.2. The molecule has 0 aromatic carbocycles. The van der Waals surface area contributed by atoms with Gasteiger partial charge < -0.3 is 33.8 Å². The minimum atomic E-state index is -4.94. The molecule has 0 bridgehead atoms. The third-order valence-corrected chi connectivity index (χ3v) is 16.4. The first-order chi connectivity index (χ1) is 39.5. The maximum Gasteiger partial charge on any atom is 0.472 e. The van der Waals surface area contributed by atoms with Crippen molar-refractivity contribution in [1.82, 2.24) is 0 Å². The van der Waals surface area contributed by atoms with Crippen molar-refractivity contribution in [3.8, 4) is 0 Å². The predicted octanol–water partition coefficient (Wildman–Crippen LogP) is 17.4. The zero-order valence-electron chi connectivity index (χ0n) is 52.6. The molecule has 0 rings (SSSR count). The van der Waals surface area contributed by atoms with E-state index < -0.39 is 97.5 Å². The first-order valence-corrected chi connectivity index (χ1v) is 36.1. The number of unbranched alkanes of at least 4 members (excludes halogenated alkanes) is 35. The van der Waals surface area contributed by atoms with Crippen molar-refractivity contribution in [2.75, 3.05) is 39.6 Å². The summed E-state index contributed by atoms with van der Waals surface area (Å²) in [5, 5.41) is 10.5. The minimum Gasteiger partial charge on any atom is -0.462 e. The van der Waals surface area contributed by atoms with Crippen LogP contribution in [0.1, 0.15) is 317 Å². The normalized spacial score (nSPS) is 14.3. The van der Waals surface area contributed by atoms with Crippen LogP contribution in [-0.2, 0) is 65.4 Å². The number of carbonyl (C=O) groups excluding carboxylic acids is 4. The molecular formula is C63H122O17P2. The molecule has 0 spiro atoms. The number of hydrogen-bond acceptors (Lipinski definition) is 15. The largest absolute Gasteiger partial charge is 0.472 e. The van der Waals surface area contributed by atoms with Gasteiger partial charge in [0.15, 0.2) is 12.2 Å². The molecule has 0 aliphatic rings. The summed E-state index contributed by atoms with van der Waals surface area (Å²) >= 11 is 0. The molecule has 0 saturated heterocycles. The summed E-state index contributed by atoms with van der Waals surface area (Å²) in [7, 11) is -9.87. The molecule has 82 heavy (non-hydrogen) atoms. The zero-order valence-corrected chi connectivity index (χ0v) is 54.4. The molecule has 2 unspecified atom stereocenters. The van der Waals surface area contributed by atoms with Gasteiger partial charge in [0.1, 0.15) is 19.3 Å². The van der Waals surface area contributed by atoms with Crippen LogP contribution < -0.4 is 0 Å². The van der Waals surface area contributed by atoms with E-state index in [-0.39, 0.29) is 25.7 Å². The monoisotopic (exact) mass is 1210 g/mol. The first kappa shape index (κ1) is 80.1. The molecule has 0 radical (unpaired) electrons. The molecule has 0 aliphatic heterocycles. The van der Waals surface area contributed by atoms with E-state index in [0.29, 0.717) is 25.7 Å². The number of esters is 4. The first-order valence-electron chi connectivity index (χ1n) is 33.1. The summed E-state index contributed by atoms with van der Waals surface area (Å²) in [6, 6.07) is 0. The fourth-order valence-electron chi connectivity index (χ4n) is 9.41. The van der Waals surface area contributed by atoms with Crippen molar-refractivity contribution in [2.24, 2.45) is 5.92 Å². The molecule has 0 amide bonds. The highest BCUT2D eigenvalue weighted by atomic mass is 31.2. The highest BCUT2D eigenvalue weighted by Gasteiger charge is 2.30. The molecule has 17 nitrogen and oxygen atoms in total. The highest BCUT2D eigenvalue weighted by Crippen LogP contribution is 2.45. The Bertz CT molecular complexity index is 1600. The van der Waals surface area contributed by atoms with Crippen LogP contribution in [0.4, 0.5) is 0 Å². The quantitative estimate of drug-likeness (QED) is 0.0222. The second-order valence-corrected chi connectivity index (χ2v) is 26.2. The molecule has 0 heterocycles. The van der Waals surface area contributed by atoms with Crippen molar-refractivity contribution >= 4 is 39.5 Å². The number of rotatable bonds is 63. The summed E-state index contributed by atoms with van der Waals surface area (Å²) in [6.07, 6.45) is 40.6. The minimum absolute atomic E-state index is 0.105. The van der Waals surface area contributed by atoms with E-state index in [4.69, 9.17) is 37.0 Å². The standard InChI is InChI=1S/C63H122O17P2/c1-6-9-12-15-17-19-21-22-25-29-32-37-42-47-61(66)74-53-59(80-63(68)49-44-39-34-30-26-23-24-27-31-36-40-45-56(4)5)55-78-82(71,72)76-51-57(64)50-75-81(69,70)77-54-58(52-73-60(65)46-41-35-14-11-8-3)79-62(67)48-43-38-33-28-20-18-16-13-10-7-2/h56-59,64H,6-55H2,1-5H3,(H,69,70)(H,71,72)/t57-,58+,59+/m0/s1. The van der Waals surface area contributed by atoms with Gasteiger partial charge in [-0.3, -0.25) is 37.3 Å². The van der Waals surface area contributed by atoms with Crippen LogP contribution in [0, 0.1) is 5.92 Å². The Kier molecular flexibility index (Phi) is 55.5. The second-order valence-electron chi connectivity index (χ2n) is 23.3. The smallest absolute Gasteiger partial charge is 0.462 e. The molecule has 0 aliphatic carbocycles. The summed E-state index contributed by atoms with van der Waals surface area (Å²) in [5.74, 6) is -1.38. The second kappa shape index (κ2) is 56.8. The van der Waals surface area contributed by atoms with Gasteiger partial charge in [-0.15, -0.1) is 0 Å². The fraction of sp³-hybridized carbons (Fsp3) is 0.937. The van der Waals surface area contributed by atoms with Gasteiger partial charge in [-0.05, 0) is 31.6 Å².